The van der Waals surface area contributed by atoms with Crippen LogP contribution in [0.25, 0.3) is 0 Å². The highest BCUT2D eigenvalue weighted by molar-refractivity contribution is 6.01. The molecule has 2 fully saturated rings. The van der Waals surface area contributed by atoms with E-state index in [4.69, 9.17) is 9.26 Å². The van der Waals surface area contributed by atoms with Crippen LogP contribution in [0.4, 0.5) is 5.69 Å². The Labute approximate surface area is 182 Å². The van der Waals surface area contributed by atoms with Crippen molar-refractivity contribution in [2.24, 2.45) is 5.92 Å². The lowest BCUT2D eigenvalue weighted by Gasteiger charge is -2.35. The zero-order valence-corrected chi connectivity index (χ0v) is 18.5. The predicted octanol–water partition coefficient (Wildman–Crippen LogP) is 2.39. The minimum Gasteiger partial charge on any atom is -0.492 e. The van der Waals surface area contributed by atoms with Gasteiger partial charge in [-0.3, -0.25) is 14.5 Å². The Morgan fingerprint density at radius 2 is 1.94 bits per heavy atom. The summed E-state index contributed by atoms with van der Waals surface area (Å²) in [5.74, 6) is 1.27. The quantitative estimate of drug-likeness (QED) is 0.706. The smallest absolute Gasteiger partial charge is 0.228 e. The van der Waals surface area contributed by atoms with E-state index in [2.05, 4.69) is 10.1 Å². The van der Waals surface area contributed by atoms with Crippen molar-refractivity contribution in [3.05, 3.63) is 41.3 Å². The second kappa shape index (κ2) is 9.09. The second-order valence-corrected chi connectivity index (χ2v) is 8.21. The van der Waals surface area contributed by atoms with Gasteiger partial charge >= 0.3 is 0 Å². The van der Waals surface area contributed by atoms with Gasteiger partial charge in [0.05, 0.1) is 23.9 Å². The minimum absolute atomic E-state index is 0.0254. The summed E-state index contributed by atoms with van der Waals surface area (Å²) < 4.78 is 10.9. The molecular formula is C23H30N4O4. The summed E-state index contributed by atoms with van der Waals surface area (Å²) in [6.07, 6.45) is 0.249. The number of nitrogens with zero attached hydrogens (tertiary/aromatic N) is 4. The maximum absolute atomic E-state index is 13.1. The summed E-state index contributed by atoms with van der Waals surface area (Å²) in [5, 5.41) is 4.02. The highest BCUT2D eigenvalue weighted by atomic mass is 16.5. The fraction of sp³-hybridized carbons (Fsp3) is 0.522. The molecule has 166 valence electrons. The molecule has 2 aromatic rings. The van der Waals surface area contributed by atoms with E-state index in [-0.39, 0.29) is 24.2 Å². The van der Waals surface area contributed by atoms with Gasteiger partial charge in [-0.05, 0) is 32.9 Å². The van der Waals surface area contributed by atoms with Crippen LogP contribution in [0.3, 0.4) is 0 Å². The topological polar surface area (TPSA) is 79.1 Å². The van der Waals surface area contributed by atoms with Crippen molar-refractivity contribution in [1.82, 2.24) is 15.0 Å². The van der Waals surface area contributed by atoms with Crippen molar-refractivity contribution in [2.75, 3.05) is 44.2 Å². The zero-order chi connectivity index (χ0) is 22.0. The number of hydrogen-bond donors (Lipinski definition) is 0. The molecule has 0 N–H and O–H groups in total. The standard InChI is InChI=1S/C23H30N4O4/c1-4-30-21-8-6-5-7-20(21)27-14-18(13-22(27)28)23(29)26-11-9-25(10-12-26)15-19-16(2)24-31-17(19)3/h5-8,18H,4,9-15H2,1-3H3. The Bertz CT molecular complexity index is 929. The van der Waals surface area contributed by atoms with Crippen LogP contribution in [0.1, 0.15) is 30.4 Å². The van der Waals surface area contributed by atoms with Crippen LogP contribution in [-0.4, -0.2) is 66.1 Å². The molecule has 8 nitrogen and oxygen atoms in total. The Hall–Kier alpha value is -2.87. The summed E-state index contributed by atoms with van der Waals surface area (Å²) in [7, 11) is 0. The molecule has 0 radical (unpaired) electrons. The molecule has 1 atom stereocenters. The third-order valence-corrected chi connectivity index (χ3v) is 6.18. The molecule has 4 rings (SSSR count). The van der Waals surface area contributed by atoms with Crippen molar-refractivity contribution in [2.45, 2.75) is 33.7 Å². The van der Waals surface area contributed by atoms with Crippen LogP contribution < -0.4 is 9.64 Å². The Kier molecular flexibility index (Phi) is 6.27. The molecule has 1 aromatic carbocycles. The Morgan fingerprint density at radius 1 is 1.19 bits per heavy atom. The molecule has 8 heteroatoms. The summed E-state index contributed by atoms with van der Waals surface area (Å²) in [6.45, 7) is 10.5. The van der Waals surface area contributed by atoms with Crippen molar-refractivity contribution >= 4 is 17.5 Å². The van der Waals surface area contributed by atoms with Gasteiger partial charge in [0.2, 0.25) is 11.8 Å². The first kappa shape index (κ1) is 21.4. The first-order valence-electron chi connectivity index (χ1n) is 10.9. The molecule has 2 saturated heterocycles. The van der Waals surface area contributed by atoms with E-state index in [1.54, 1.807) is 4.90 Å². The van der Waals surface area contributed by atoms with Crippen LogP contribution in [0.15, 0.2) is 28.8 Å². The lowest BCUT2D eigenvalue weighted by atomic mass is 10.1. The van der Waals surface area contributed by atoms with E-state index in [0.29, 0.717) is 32.0 Å². The number of benzene rings is 1. The number of carbonyl (C=O) groups is 2. The van der Waals surface area contributed by atoms with Crippen molar-refractivity contribution in [3.63, 3.8) is 0 Å². The molecule has 2 amide bonds. The molecule has 0 bridgehead atoms. The SMILES string of the molecule is CCOc1ccccc1N1CC(C(=O)N2CCN(Cc3c(C)noc3C)CC2)CC1=O. The lowest BCUT2D eigenvalue weighted by molar-refractivity contribution is -0.137. The van der Waals surface area contributed by atoms with Gasteiger partial charge in [-0.15, -0.1) is 0 Å². The molecule has 2 aliphatic heterocycles. The van der Waals surface area contributed by atoms with Gasteiger partial charge in [0.25, 0.3) is 0 Å². The largest absolute Gasteiger partial charge is 0.492 e. The first-order valence-corrected chi connectivity index (χ1v) is 10.9. The third-order valence-electron chi connectivity index (χ3n) is 6.18. The highest BCUT2D eigenvalue weighted by Gasteiger charge is 2.38. The molecule has 3 heterocycles. The van der Waals surface area contributed by atoms with Gasteiger partial charge in [0.15, 0.2) is 0 Å². The normalized spacial score (nSPS) is 19.8. The van der Waals surface area contributed by atoms with E-state index in [1.807, 2.05) is 49.9 Å². The van der Waals surface area contributed by atoms with Gasteiger partial charge in [-0.1, -0.05) is 17.3 Å². The molecule has 0 saturated carbocycles. The van der Waals surface area contributed by atoms with E-state index in [9.17, 15) is 9.59 Å². The van der Waals surface area contributed by atoms with E-state index >= 15 is 0 Å². The van der Waals surface area contributed by atoms with E-state index in [0.717, 1.165) is 42.3 Å². The minimum atomic E-state index is -0.309. The van der Waals surface area contributed by atoms with E-state index < -0.39 is 0 Å². The third kappa shape index (κ3) is 4.44. The average Bonchev–Trinajstić information content (AvgIpc) is 3.31. The number of carbonyl (C=O) groups excluding carboxylic acids is 2. The molecule has 1 unspecified atom stereocenters. The molecule has 31 heavy (non-hydrogen) atoms. The van der Waals surface area contributed by atoms with Crippen LogP contribution in [-0.2, 0) is 16.1 Å². The number of rotatable bonds is 6. The second-order valence-electron chi connectivity index (χ2n) is 8.21. The lowest BCUT2D eigenvalue weighted by Crippen LogP contribution is -2.50. The van der Waals surface area contributed by atoms with Gasteiger partial charge in [-0.2, -0.15) is 0 Å². The number of piperazine rings is 1. The summed E-state index contributed by atoms with van der Waals surface area (Å²) >= 11 is 0. The molecule has 2 aliphatic rings. The number of amides is 2. The zero-order valence-electron chi connectivity index (χ0n) is 18.5. The maximum Gasteiger partial charge on any atom is 0.228 e. The molecule has 1 aromatic heterocycles. The number of para-hydroxylation sites is 2. The fourth-order valence-corrected chi connectivity index (χ4v) is 4.40. The van der Waals surface area contributed by atoms with Gasteiger partial charge in [-0.25, -0.2) is 0 Å². The summed E-state index contributed by atoms with van der Waals surface area (Å²) in [5.41, 5.74) is 2.80. The summed E-state index contributed by atoms with van der Waals surface area (Å²) in [4.78, 5) is 31.8. The van der Waals surface area contributed by atoms with Crippen LogP contribution >= 0.6 is 0 Å². The van der Waals surface area contributed by atoms with Crippen molar-refractivity contribution < 1.29 is 18.8 Å². The Morgan fingerprint density at radius 3 is 2.61 bits per heavy atom. The van der Waals surface area contributed by atoms with Crippen LogP contribution in [0.5, 0.6) is 5.75 Å². The van der Waals surface area contributed by atoms with Gasteiger partial charge in [0.1, 0.15) is 11.5 Å². The number of aromatic nitrogens is 1. The number of ether oxygens (including phenoxy) is 1. The predicted molar refractivity (Wildman–Crippen MR) is 116 cm³/mol. The first-order chi connectivity index (χ1) is 15.0. The summed E-state index contributed by atoms with van der Waals surface area (Å²) in [6, 6.07) is 7.51. The average molecular weight is 427 g/mol. The molecule has 0 spiro atoms. The number of anilines is 1. The Balaban J connectivity index is 1.35. The van der Waals surface area contributed by atoms with Crippen LogP contribution in [0, 0.1) is 19.8 Å². The van der Waals surface area contributed by atoms with Crippen molar-refractivity contribution in [3.8, 4) is 5.75 Å². The molecular weight excluding hydrogens is 396 g/mol. The maximum atomic E-state index is 13.1. The van der Waals surface area contributed by atoms with Crippen molar-refractivity contribution in [1.29, 1.82) is 0 Å². The van der Waals surface area contributed by atoms with E-state index in [1.165, 1.54) is 0 Å². The molecule has 0 aliphatic carbocycles. The van der Waals surface area contributed by atoms with Crippen LogP contribution in [0.2, 0.25) is 0 Å². The van der Waals surface area contributed by atoms with Gasteiger partial charge in [0, 0.05) is 51.3 Å². The highest BCUT2D eigenvalue weighted by Crippen LogP contribution is 2.33. The number of aryl methyl sites for hydroxylation is 2. The van der Waals surface area contributed by atoms with Gasteiger partial charge < -0.3 is 19.1 Å². The monoisotopic (exact) mass is 426 g/mol. The fourth-order valence-electron chi connectivity index (χ4n) is 4.40. The number of hydrogen-bond acceptors (Lipinski definition) is 6.